The van der Waals surface area contributed by atoms with Crippen molar-refractivity contribution in [2.75, 3.05) is 5.32 Å². The molecule has 3 rings (SSSR count). The van der Waals surface area contributed by atoms with Crippen molar-refractivity contribution in [3.05, 3.63) is 64.9 Å². The van der Waals surface area contributed by atoms with Crippen LogP contribution in [-0.4, -0.2) is 15.5 Å². The molecule has 0 aliphatic carbocycles. The fourth-order valence-corrected chi connectivity index (χ4v) is 2.72. The first kappa shape index (κ1) is 15.2. The van der Waals surface area contributed by atoms with Crippen molar-refractivity contribution in [2.45, 2.75) is 0 Å². The second-order valence-corrected chi connectivity index (χ2v) is 5.88. The predicted molar refractivity (Wildman–Crippen MR) is 90.6 cm³/mol. The molecule has 0 radical (unpaired) electrons. The molecule has 4 nitrogen and oxygen atoms in total. The number of aromatic nitrogens is 2. The number of hydrogen-bond donors (Lipinski definition) is 1. The zero-order valence-electron chi connectivity index (χ0n) is 12.4. The Morgan fingerprint density at radius 3 is 2.78 bits per heavy atom. The topological polar surface area (TPSA) is 46.9 Å². The monoisotopic (exact) mass is 327 g/mol. The largest absolute Gasteiger partial charge is 0.320 e. The van der Waals surface area contributed by atoms with Crippen molar-refractivity contribution in [3.63, 3.8) is 0 Å². The summed E-state index contributed by atoms with van der Waals surface area (Å²) in [4.78, 5) is 17.4. The van der Waals surface area contributed by atoms with Crippen LogP contribution in [0.25, 0.3) is 17.3 Å². The lowest BCUT2D eigenvalue weighted by Crippen LogP contribution is -2.11. The predicted octanol–water partition coefficient (Wildman–Crippen LogP) is 3.94. The standard InChI is InChI=1S/C17H14FN3OS/c1-21-11-19-16(12-4-6-13(18)7-5-12)17(21)20-15(22)9-8-14-3-2-10-23-14/h2-11H,1H3,(H,20,22)/b9-8+. The minimum absolute atomic E-state index is 0.245. The van der Waals surface area contributed by atoms with E-state index >= 15 is 0 Å². The molecule has 3 aromatic rings. The van der Waals surface area contributed by atoms with Crippen LogP contribution in [0.1, 0.15) is 4.88 Å². The maximum atomic E-state index is 13.0. The second-order valence-electron chi connectivity index (χ2n) is 4.90. The van der Waals surface area contributed by atoms with E-state index in [2.05, 4.69) is 10.3 Å². The van der Waals surface area contributed by atoms with Crippen LogP contribution in [-0.2, 0) is 11.8 Å². The fourth-order valence-electron chi connectivity index (χ4n) is 2.10. The molecule has 1 amide bonds. The molecule has 0 saturated carbocycles. The lowest BCUT2D eigenvalue weighted by molar-refractivity contribution is -0.111. The van der Waals surface area contributed by atoms with E-state index < -0.39 is 0 Å². The first-order valence-electron chi connectivity index (χ1n) is 6.93. The van der Waals surface area contributed by atoms with E-state index in [0.29, 0.717) is 11.5 Å². The highest BCUT2D eigenvalue weighted by Crippen LogP contribution is 2.26. The van der Waals surface area contributed by atoms with E-state index in [1.807, 2.05) is 17.5 Å². The number of amides is 1. The number of imidazole rings is 1. The molecule has 0 fully saturated rings. The molecule has 0 saturated heterocycles. The normalized spacial score (nSPS) is 11.0. The number of hydrogen-bond acceptors (Lipinski definition) is 3. The van der Waals surface area contributed by atoms with E-state index in [9.17, 15) is 9.18 Å². The summed E-state index contributed by atoms with van der Waals surface area (Å²) in [5, 5.41) is 4.77. The molecule has 1 N–H and O–H groups in total. The Bertz CT molecular complexity index is 835. The molecule has 6 heteroatoms. The van der Waals surface area contributed by atoms with Crippen LogP contribution in [0, 0.1) is 5.82 Å². The van der Waals surface area contributed by atoms with Gasteiger partial charge in [0.2, 0.25) is 5.91 Å². The van der Waals surface area contributed by atoms with Crippen LogP contribution in [0.2, 0.25) is 0 Å². The summed E-state index contributed by atoms with van der Waals surface area (Å²) in [7, 11) is 1.79. The van der Waals surface area contributed by atoms with Gasteiger partial charge in [-0.25, -0.2) is 9.37 Å². The van der Waals surface area contributed by atoms with Gasteiger partial charge in [-0.05, 0) is 41.8 Å². The van der Waals surface area contributed by atoms with Gasteiger partial charge >= 0.3 is 0 Å². The van der Waals surface area contributed by atoms with Gasteiger partial charge in [-0.3, -0.25) is 4.79 Å². The van der Waals surface area contributed by atoms with Gasteiger partial charge in [0.05, 0.1) is 6.33 Å². The minimum atomic E-state index is -0.311. The number of nitrogens with one attached hydrogen (secondary N) is 1. The van der Waals surface area contributed by atoms with Gasteiger partial charge in [0.25, 0.3) is 0 Å². The quantitative estimate of drug-likeness (QED) is 0.738. The van der Waals surface area contributed by atoms with Crippen molar-refractivity contribution in [1.82, 2.24) is 9.55 Å². The summed E-state index contributed by atoms with van der Waals surface area (Å²) < 4.78 is 14.8. The summed E-state index contributed by atoms with van der Waals surface area (Å²) in [5.74, 6) is 0.0111. The molecule has 116 valence electrons. The molecule has 1 aromatic carbocycles. The molecule has 0 aliphatic rings. The van der Waals surface area contributed by atoms with E-state index in [1.165, 1.54) is 18.2 Å². The Kier molecular flexibility index (Phi) is 4.34. The molecule has 0 bridgehead atoms. The Hall–Kier alpha value is -2.73. The third kappa shape index (κ3) is 3.54. The Morgan fingerprint density at radius 1 is 1.30 bits per heavy atom. The van der Waals surface area contributed by atoms with E-state index in [-0.39, 0.29) is 11.7 Å². The van der Waals surface area contributed by atoms with Gasteiger partial charge in [-0.15, -0.1) is 11.3 Å². The average molecular weight is 327 g/mol. The number of carbonyl (C=O) groups excluding carboxylic acids is 1. The van der Waals surface area contributed by atoms with Crippen LogP contribution in [0.5, 0.6) is 0 Å². The molecule has 0 unspecified atom stereocenters. The molecule has 0 aliphatic heterocycles. The maximum absolute atomic E-state index is 13.0. The third-order valence-corrected chi connectivity index (χ3v) is 4.08. The summed E-state index contributed by atoms with van der Waals surface area (Å²) in [5.41, 5.74) is 1.34. The van der Waals surface area contributed by atoms with Gasteiger partial charge < -0.3 is 9.88 Å². The summed E-state index contributed by atoms with van der Waals surface area (Å²) in [6.07, 6.45) is 4.85. The molecule has 0 spiro atoms. The van der Waals surface area contributed by atoms with Crippen molar-refractivity contribution < 1.29 is 9.18 Å². The number of nitrogens with zero attached hydrogens (tertiary/aromatic N) is 2. The molecular formula is C17H14FN3OS. The van der Waals surface area contributed by atoms with Gasteiger partial charge in [0.15, 0.2) is 0 Å². The number of rotatable bonds is 4. The number of benzene rings is 1. The first-order chi connectivity index (χ1) is 11.1. The highest BCUT2D eigenvalue weighted by Gasteiger charge is 2.13. The van der Waals surface area contributed by atoms with Gasteiger partial charge in [-0.1, -0.05) is 6.07 Å². The smallest absolute Gasteiger partial charge is 0.249 e. The van der Waals surface area contributed by atoms with Crippen molar-refractivity contribution in [2.24, 2.45) is 7.05 Å². The summed E-state index contributed by atoms with van der Waals surface area (Å²) >= 11 is 1.56. The zero-order valence-corrected chi connectivity index (χ0v) is 13.2. The number of halogens is 1. The number of thiophene rings is 1. The summed E-state index contributed by atoms with van der Waals surface area (Å²) in [6, 6.07) is 9.86. The lowest BCUT2D eigenvalue weighted by Gasteiger charge is -2.06. The molecule has 2 heterocycles. The lowest BCUT2D eigenvalue weighted by atomic mass is 10.1. The Balaban J connectivity index is 1.81. The molecule has 23 heavy (non-hydrogen) atoms. The first-order valence-corrected chi connectivity index (χ1v) is 7.81. The highest BCUT2D eigenvalue weighted by molar-refractivity contribution is 7.10. The van der Waals surface area contributed by atoms with Gasteiger partial charge in [0.1, 0.15) is 17.3 Å². The van der Waals surface area contributed by atoms with E-state index in [1.54, 1.807) is 47.5 Å². The van der Waals surface area contributed by atoms with Crippen LogP contribution in [0.3, 0.4) is 0 Å². The Labute approximate surface area is 136 Å². The van der Waals surface area contributed by atoms with Crippen molar-refractivity contribution in [1.29, 1.82) is 0 Å². The highest BCUT2D eigenvalue weighted by atomic mass is 32.1. The molecular weight excluding hydrogens is 313 g/mol. The number of carbonyl (C=O) groups is 1. The van der Waals surface area contributed by atoms with Gasteiger partial charge in [-0.2, -0.15) is 0 Å². The Morgan fingerprint density at radius 2 is 2.09 bits per heavy atom. The minimum Gasteiger partial charge on any atom is -0.320 e. The fraction of sp³-hybridized carbons (Fsp3) is 0.0588. The maximum Gasteiger partial charge on any atom is 0.249 e. The third-order valence-electron chi connectivity index (χ3n) is 3.24. The molecule has 2 aromatic heterocycles. The van der Waals surface area contributed by atoms with Crippen LogP contribution < -0.4 is 5.32 Å². The van der Waals surface area contributed by atoms with Gasteiger partial charge in [0, 0.05) is 23.6 Å². The van der Waals surface area contributed by atoms with Crippen LogP contribution >= 0.6 is 11.3 Å². The van der Waals surface area contributed by atoms with Crippen LogP contribution in [0.15, 0.2) is 54.2 Å². The number of aryl methyl sites for hydroxylation is 1. The second kappa shape index (κ2) is 6.58. The van der Waals surface area contributed by atoms with E-state index in [0.717, 1.165) is 10.4 Å². The van der Waals surface area contributed by atoms with Crippen molar-refractivity contribution in [3.8, 4) is 11.3 Å². The molecule has 0 atom stereocenters. The summed E-state index contributed by atoms with van der Waals surface area (Å²) in [6.45, 7) is 0. The van der Waals surface area contributed by atoms with E-state index in [4.69, 9.17) is 0 Å². The van der Waals surface area contributed by atoms with Crippen molar-refractivity contribution >= 4 is 29.1 Å². The average Bonchev–Trinajstić information content (AvgIpc) is 3.17. The zero-order chi connectivity index (χ0) is 16.2. The number of anilines is 1. The van der Waals surface area contributed by atoms with Crippen LogP contribution in [0.4, 0.5) is 10.2 Å². The SMILES string of the molecule is Cn1cnc(-c2ccc(F)cc2)c1NC(=O)/C=C/c1cccs1.